The van der Waals surface area contributed by atoms with Crippen LogP contribution in [0.25, 0.3) is 0 Å². The number of nitrogens with one attached hydrogen (secondary N) is 1. The van der Waals surface area contributed by atoms with Crippen molar-refractivity contribution in [2.24, 2.45) is 5.92 Å². The lowest BCUT2D eigenvalue weighted by atomic mass is 9.78. The normalized spacial score (nSPS) is 30.1. The number of thioether (sulfide) groups is 1. The zero-order valence-corrected chi connectivity index (χ0v) is 11.1. The fourth-order valence-electron chi connectivity index (χ4n) is 2.25. The number of hydrogen-bond acceptors (Lipinski definition) is 3. The summed E-state index contributed by atoms with van der Waals surface area (Å²) < 4.78 is 0. The summed E-state index contributed by atoms with van der Waals surface area (Å²) in [6.45, 7) is 2.62. The van der Waals surface area contributed by atoms with E-state index < -0.39 is 5.60 Å². The Morgan fingerprint density at radius 3 is 2.62 bits per heavy atom. The molecule has 0 aliphatic heterocycles. The molecule has 0 atom stereocenters. The van der Waals surface area contributed by atoms with Crippen molar-refractivity contribution in [3.05, 3.63) is 0 Å². The van der Waals surface area contributed by atoms with E-state index >= 15 is 0 Å². The summed E-state index contributed by atoms with van der Waals surface area (Å²) >= 11 is 1.51. The van der Waals surface area contributed by atoms with Gasteiger partial charge in [0, 0.05) is 6.54 Å². The zero-order valence-electron chi connectivity index (χ0n) is 10.3. The van der Waals surface area contributed by atoms with Crippen LogP contribution in [0.3, 0.4) is 0 Å². The van der Waals surface area contributed by atoms with Gasteiger partial charge in [-0.3, -0.25) is 4.79 Å². The molecule has 0 unspecified atom stereocenters. The Labute approximate surface area is 102 Å². The molecule has 1 rings (SSSR count). The topological polar surface area (TPSA) is 49.3 Å². The number of amides is 1. The molecule has 16 heavy (non-hydrogen) atoms. The Kier molecular flexibility index (Phi) is 5.62. The molecule has 1 amide bonds. The number of aliphatic hydroxyl groups is 1. The summed E-state index contributed by atoms with van der Waals surface area (Å²) in [5.74, 6) is 1.27. The standard InChI is InChI=1S/C12H23NO2S/c1-3-10-4-6-12(15,7-5-10)9-13-11(14)8-16-2/h10,15H,3-9H2,1-2H3,(H,13,14). The highest BCUT2D eigenvalue weighted by atomic mass is 32.2. The second-order valence-electron chi connectivity index (χ2n) is 4.79. The van der Waals surface area contributed by atoms with Crippen molar-refractivity contribution in [2.75, 3.05) is 18.6 Å². The third-order valence-corrected chi connectivity index (χ3v) is 4.05. The van der Waals surface area contributed by atoms with Crippen molar-refractivity contribution in [1.82, 2.24) is 5.32 Å². The van der Waals surface area contributed by atoms with E-state index in [0.29, 0.717) is 12.3 Å². The molecule has 2 N–H and O–H groups in total. The fraction of sp³-hybridized carbons (Fsp3) is 0.917. The summed E-state index contributed by atoms with van der Waals surface area (Å²) in [4.78, 5) is 11.3. The van der Waals surface area contributed by atoms with Crippen LogP contribution in [-0.4, -0.2) is 35.2 Å². The average Bonchev–Trinajstić information content (AvgIpc) is 2.28. The number of hydrogen-bond donors (Lipinski definition) is 2. The smallest absolute Gasteiger partial charge is 0.230 e. The van der Waals surface area contributed by atoms with Crippen LogP contribution in [0, 0.1) is 5.92 Å². The molecule has 1 fully saturated rings. The molecule has 0 radical (unpaired) electrons. The quantitative estimate of drug-likeness (QED) is 0.776. The predicted octanol–water partition coefficient (Wildman–Crippen LogP) is 1.80. The lowest BCUT2D eigenvalue weighted by molar-refractivity contribution is -0.120. The lowest BCUT2D eigenvalue weighted by Crippen LogP contribution is -2.45. The maximum absolute atomic E-state index is 11.3. The molecule has 0 aromatic carbocycles. The highest BCUT2D eigenvalue weighted by molar-refractivity contribution is 7.99. The third-order valence-electron chi connectivity index (χ3n) is 3.50. The van der Waals surface area contributed by atoms with E-state index in [0.717, 1.165) is 31.6 Å². The first kappa shape index (κ1) is 13.8. The van der Waals surface area contributed by atoms with Crippen molar-refractivity contribution in [1.29, 1.82) is 0 Å². The molecular weight excluding hydrogens is 222 g/mol. The van der Waals surface area contributed by atoms with Crippen molar-refractivity contribution >= 4 is 17.7 Å². The first-order chi connectivity index (χ1) is 7.59. The molecule has 0 saturated heterocycles. The van der Waals surface area contributed by atoms with E-state index in [1.807, 2.05) is 6.26 Å². The van der Waals surface area contributed by atoms with Gasteiger partial charge in [-0.2, -0.15) is 11.8 Å². The number of carbonyl (C=O) groups excluding carboxylic acids is 1. The summed E-state index contributed by atoms with van der Waals surface area (Å²) in [5.41, 5.74) is -0.653. The molecule has 1 aliphatic carbocycles. The van der Waals surface area contributed by atoms with Gasteiger partial charge in [0.05, 0.1) is 11.4 Å². The lowest BCUT2D eigenvalue weighted by Gasteiger charge is -2.35. The van der Waals surface area contributed by atoms with E-state index in [1.54, 1.807) is 0 Å². The van der Waals surface area contributed by atoms with Gasteiger partial charge in [0.2, 0.25) is 5.91 Å². The van der Waals surface area contributed by atoms with Crippen molar-refractivity contribution in [2.45, 2.75) is 44.6 Å². The molecule has 0 spiro atoms. The SMILES string of the molecule is CCC1CCC(O)(CNC(=O)CSC)CC1. The van der Waals surface area contributed by atoms with Crippen molar-refractivity contribution in [3.63, 3.8) is 0 Å². The van der Waals surface area contributed by atoms with E-state index in [4.69, 9.17) is 0 Å². The monoisotopic (exact) mass is 245 g/mol. The van der Waals surface area contributed by atoms with Gasteiger partial charge in [-0.1, -0.05) is 13.3 Å². The molecular formula is C12H23NO2S. The van der Waals surface area contributed by atoms with Gasteiger partial charge in [0.1, 0.15) is 0 Å². The van der Waals surface area contributed by atoms with Gasteiger partial charge < -0.3 is 10.4 Å². The first-order valence-corrected chi connectivity index (χ1v) is 7.47. The maximum atomic E-state index is 11.3. The van der Waals surface area contributed by atoms with Crippen LogP contribution in [0.1, 0.15) is 39.0 Å². The molecule has 0 bridgehead atoms. The van der Waals surface area contributed by atoms with E-state index in [1.165, 1.54) is 18.2 Å². The van der Waals surface area contributed by atoms with Crippen LogP contribution < -0.4 is 5.32 Å². The minimum atomic E-state index is -0.653. The van der Waals surface area contributed by atoms with E-state index in [9.17, 15) is 9.90 Å². The number of rotatable bonds is 5. The highest BCUT2D eigenvalue weighted by Crippen LogP contribution is 2.33. The zero-order chi connectivity index (χ0) is 12.0. The first-order valence-electron chi connectivity index (χ1n) is 6.07. The molecule has 0 aromatic rings. The maximum Gasteiger partial charge on any atom is 0.230 e. The Morgan fingerprint density at radius 2 is 2.12 bits per heavy atom. The largest absolute Gasteiger partial charge is 0.388 e. The van der Waals surface area contributed by atoms with Crippen molar-refractivity contribution in [3.8, 4) is 0 Å². The van der Waals surface area contributed by atoms with E-state index in [2.05, 4.69) is 12.2 Å². The second kappa shape index (κ2) is 6.50. The summed E-state index contributed by atoms with van der Waals surface area (Å²) in [6.07, 6.45) is 6.93. The molecule has 0 heterocycles. The van der Waals surface area contributed by atoms with Crippen LogP contribution >= 0.6 is 11.8 Å². The highest BCUT2D eigenvalue weighted by Gasteiger charge is 2.32. The van der Waals surface area contributed by atoms with Crippen LogP contribution in [0.2, 0.25) is 0 Å². The minimum absolute atomic E-state index is 0.0264. The average molecular weight is 245 g/mol. The van der Waals surface area contributed by atoms with Gasteiger partial charge in [0.25, 0.3) is 0 Å². The minimum Gasteiger partial charge on any atom is -0.388 e. The van der Waals surface area contributed by atoms with Crippen LogP contribution in [0.4, 0.5) is 0 Å². The molecule has 4 heteroatoms. The molecule has 3 nitrogen and oxygen atoms in total. The van der Waals surface area contributed by atoms with Gasteiger partial charge in [-0.15, -0.1) is 0 Å². The van der Waals surface area contributed by atoms with Crippen molar-refractivity contribution < 1.29 is 9.90 Å². The second-order valence-corrected chi connectivity index (χ2v) is 5.65. The van der Waals surface area contributed by atoms with Crippen LogP contribution in [0.15, 0.2) is 0 Å². The van der Waals surface area contributed by atoms with E-state index in [-0.39, 0.29) is 5.91 Å². The summed E-state index contributed by atoms with van der Waals surface area (Å²) in [5, 5.41) is 13.1. The molecule has 0 aromatic heterocycles. The van der Waals surface area contributed by atoms with Gasteiger partial charge in [-0.25, -0.2) is 0 Å². The Morgan fingerprint density at radius 1 is 1.50 bits per heavy atom. The fourth-order valence-corrected chi connectivity index (χ4v) is 2.61. The third kappa shape index (κ3) is 4.34. The Hall–Kier alpha value is -0.220. The molecule has 1 aliphatic rings. The molecule has 94 valence electrons. The number of carbonyl (C=O) groups is 1. The van der Waals surface area contributed by atoms with Gasteiger partial charge in [0.15, 0.2) is 0 Å². The Balaban J connectivity index is 2.28. The van der Waals surface area contributed by atoms with Crippen LogP contribution in [0.5, 0.6) is 0 Å². The predicted molar refractivity (Wildman–Crippen MR) is 68.6 cm³/mol. The van der Waals surface area contributed by atoms with Gasteiger partial charge >= 0.3 is 0 Å². The summed E-state index contributed by atoms with van der Waals surface area (Å²) in [7, 11) is 0. The van der Waals surface area contributed by atoms with Gasteiger partial charge in [-0.05, 0) is 37.9 Å². The molecule has 1 saturated carbocycles. The van der Waals surface area contributed by atoms with Crippen LogP contribution in [-0.2, 0) is 4.79 Å². The Bertz CT molecular complexity index is 225. The summed E-state index contributed by atoms with van der Waals surface area (Å²) in [6, 6.07) is 0.